The van der Waals surface area contributed by atoms with Crippen LogP contribution in [0.4, 0.5) is 22.7 Å². The minimum atomic E-state index is -0.353. The molecule has 0 spiro atoms. The smallest absolute Gasteiger partial charge is 0.196 e. The van der Waals surface area contributed by atoms with E-state index in [0.29, 0.717) is 22.5 Å². The molecule has 8 nitrogen and oxygen atoms in total. The second kappa shape index (κ2) is 8.99. The Balaban J connectivity index is 1.54. The molecule has 0 bridgehead atoms. The molecule has 0 radical (unpaired) electrons. The average Bonchev–Trinajstić information content (AvgIpc) is 2.88. The van der Waals surface area contributed by atoms with Crippen LogP contribution >= 0.6 is 0 Å². The summed E-state index contributed by atoms with van der Waals surface area (Å²) >= 11 is 0. The zero-order valence-electron chi connectivity index (χ0n) is 19.4. The summed E-state index contributed by atoms with van der Waals surface area (Å²) in [6.07, 6.45) is 0. The number of benzene rings is 4. The molecule has 176 valence electrons. The molecule has 1 aliphatic carbocycles. The highest BCUT2D eigenvalue weighted by Crippen LogP contribution is 2.38. The Bertz CT molecular complexity index is 1500. The van der Waals surface area contributed by atoms with E-state index in [-0.39, 0.29) is 56.7 Å². The van der Waals surface area contributed by atoms with Gasteiger partial charge in [-0.1, -0.05) is 24.3 Å². The molecular formula is C28H20N4O4. The van der Waals surface area contributed by atoms with Gasteiger partial charge < -0.3 is 10.2 Å². The van der Waals surface area contributed by atoms with E-state index in [2.05, 4.69) is 20.5 Å². The highest BCUT2D eigenvalue weighted by molar-refractivity contribution is 6.31. The van der Waals surface area contributed by atoms with Gasteiger partial charge in [-0.15, -0.1) is 10.2 Å². The first-order chi connectivity index (χ1) is 17.3. The number of phenolic OH excluding ortho intramolecular Hbond substituents is 2. The minimum absolute atomic E-state index is 0.150. The molecule has 2 N–H and O–H groups in total. The van der Waals surface area contributed by atoms with Gasteiger partial charge in [-0.2, -0.15) is 10.2 Å². The standard InChI is InChI=1S/C28H20N4O4/c1-15-13-17(9-11-23(15)33)29-31-21-7-3-5-19-25(21)27(35)20-6-4-8-22(26(20)28(19)36)32-30-18-10-12-24(34)16(2)14-18/h3-14,33-34H,1-2H3. The lowest BCUT2D eigenvalue weighted by Crippen LogP contribution is -2.21. The van der Waals surface area contributed by atoms with Gasteiger partial charge in [0.25, 0.3) is 0 Å². The molecule has 0 atom stereocenters. The maximum Gasteiger partial charge on any atom is 0.196 e. The molecule has 0 amide bonds. The van der Waals surface area contributed by atoms with Crippen LogP contribution in [0.1, 0.15) is 43.0 Å². The monoisotopic (exact) mass is 476 g/mol. The summed E-state index contributed by atoms with van der Waals surface area (Å²) in [4.78, 5) is 27.0. The van der Waals surface area contributed by atoms with Crippen LogP contribution in [-0.4, -0.2) is 21.8 Å². The second-order valence-corrected chi connectivity index (χ2v) is 8.40. The van der Waals surface area contributed by atoms with Crippen LogP contribution in [0.15, 0.2) is 93.3 Å². The number of hydrogen-bond donors (Lipinski definition) is 2. The molecule has 4 aromatic carbocycles. The number of aromatic hydroxyl groups is 2. The van der Waals surface area contributed by atoms with Crippen molar-refractivity contribution in [3.05, 3.63) is 106 Å². The lowest BCUT2D eigenvalue weighted by atomic mass is 9.82. The van der Waals surface area contributed by atoms with Crippen molar-refractivity contribution in [2.45, 2.75) is 13.8 Å². The van der Waals surface area contributed by atoms with E-state index in [1.165, 1.54) is 12.1 Å². The molecule has 0 unspecified atom stereocenters. The summed E-state index contributed by atoms with van der Waals surface area (Å²) in [6.45, 7) is 3.49. The molecule has 0 aromatic heterocycles. The number of azo groups is 2. The van der Waals surface area contributed by atoms with Gasteiger partial charge in [0.2, 0.25) is 0 Å². The van der Waals surface area contributed by atoms with Crippen LogP contribution in [0, 0.1) is 13.8 Å². The van der Waals surface area contributed by atoms with Crippen molar-refractivity contribution in [3.63, 3.8) is 0 Å². The fourth-order valence-electron chi connectivity index (χ4n) is 4.00. The quantitative estimate of drug-likeness (QED) is 0.264. The maximum absolute atomic E-state index is 13.5. The first-order valence-electron chi connectivity index (χ1n) is 11.1. The van der Waals surface area contributed by atoms with Gasteiger partial charge in [0.05, 0.1) is 33.9 Å². The summed E-state index contributed by atoms with van der Waals surface area (Å²) in [7, 11) is 0. The second-order valence-electron chi connectivity index (χ2n) is 8.40. The molecule has 1 aliphatic rings. The van der Waals surface area contributed by atoms with Gasteiger partial charge in [0, 0.05) is 11.1 Å². The maximum atomic E-state index is 13.5. The van der Waals surface area contributed by atoms with Crippen molar-refractivity contribution in [2.75, 3.05) is 0 Å². The van der Waals surface area contributed by atoms with Crippen molar-refractivity contribution in [3.8, 4) is 11.5 Å². The molecular weight excluding hydrogens is 456 g/mol. The summed E-state index contributed by atoms with van der Waals surface area (Å²) in [5, 5.41) is 36.3. The number of carbonyl (C=O) groups is 2. The summed E-state index contributed by atoms with van der Waals surface area (Å²) in [6, 6.07) is 19.3. The number of ketones is 2. The number of fused-ring (bicyclic) bond motifs is 2. The number of aryl methyl sites for hydroxylation is 2. The number of carbonyl (C=O) groups excluding carboxylic acids is 2. The predicted octanol–water partition coefficient (Wildman–Crippen LogP) is 7.32. The van der Waals surface area contributed by atoms with E-state index in [0.717, 1.165) is 0 Å². The number of phenols is 2. The largest absolute Gasteiger partial charge is 0.508 e. The lowest BCUT2D eigenvalue weighted by molar-refractivity contribution is 0.0980. The van der Waals surface area contributed by atoms with Crippen molar-refractivity contribution < 1.29 is 19.8 Å². The molecule has 0 saturated heterocycles. The Morgan fingerprint density at radius 1 is 0.556 bits per heavy atom. The Morgan fingerprint density at radius 3 is 1.36 bits per heavy atom. The topological polar surface area (TPSA) is 124 Å². The molecule has 36 heavy (non-hydrogen) atoms. The van der Waals surface area contributed by atoms with E-state index in [4.69, 9.17) is 0 Å². The van der Waals surface area contributed by atoms with Gasteiger partial charge in [-0.25, -0.2) is 0 Å². The fraction of sp³-hybridized carbons (Fsp3) is 0.0714. The third-order valence-corrected chi connectivity index (χ3v) is 5.94. The van der Waals surface area contributed by atoms with Crippen LogP contribution in [0.2, 0.25) is 0 Å². The molecule has 5 rings (SSSR count). The van der Waals surface area contributed by atoms with E-state index in [9.17, 15) is 19.8 Å². The molecule has 0 saturated carbocycles. The Hall–Kier alpha value is -4.98. The highest BCUT2D eigenvalue weighted by atomic mass is 16.3. The Labute approximate surface area is 206 Å². The third-order valence-electron chi connectivity index (χ3n) is 5.94. The minimum Gasteiger partial charge on any atom is -0.508 e. The molecule has 0 heterocycles. The highest BCUT2D eigenvalue weighted by Gasteiger charge is 2.33. The summed E-state index contributed by atoms with van der Waals surface area (Å²) in [5.41, 5.74) is 3.63. The fourth-order valence-corrected chi connectivity index (χ4v) is 4.00. The van der Waals surface area contributed by atoms with E-state index < -0.39 is 0 Å². The van der Waals surface area contributed by atoms with E-state index in [1.807, 2.05) is 0 Å². The van der Waals surface area contributed by atoms with Gasteiger partial charge in [-0.3, -0.25) is 9.59 Å². The SMILES string of the molecule is Cc1cc(N=Nc2cccc3c2C(=O)c2cccc(N=Nc4ccc(O)c(C)c4)c2C3=O)ccc1O. The average molecular weight is 476 g/mol. The zero-order valence-corrected chi connectivity index (χ0v) is 19.4. The molecule has 0 fully saturated rings. The third kappa shape index (κ3) is 4.05. The van der Waals surface area contributed by atoms with E-state index in [1.54, 1.807) is 74.5 Å². The van der Waals surface area contributed by atoms with Crippen LogP contribution in [0.5, 0.6) is 11.5 Å². The number of nitrogens with zero attached hydrogens (tertiary/aromatic N) is 4. The Kier molecular flexibility index (Phi) is 5.69. The van der Waals surface area contributed by atoms with E-state index >= 15 is 0 Å². The predicted molar refractivity (Wildman–Crippen MR) is 134 cm³/mol. The normalized spacial score (nSPS) is 12.8. The first-order valence-corrected chi connectivity index (χ1v) is 11.1. The van der Waals surface area contributed by atoms with Gasteiger partial charge >= 0.3 is 0 Å². The lowest BCUT2D eigenvalue weighted by Gasteiger charge is -2.19. The van der Waals surface area contributed by atoms with Crippen LogP contribution in [0.3, 0.4) is 0 Å². The van der Waals surface area contributed by atoms with Crippen molar-refractivity contribution in [1.82, 2.24) is 0 Å². The van der Waals surface area contributed by atoms with Crippen LogP contribution in [0.25, 0.3) is 0 Å². The van der Waals surface area contributed by atoms with Crippen molar-refractivity contribution in [2.24, 2.45) is 20.5 Å². The van der Waals surface area contributed by atoms with Crippen LogP contribution < -0.4 is 0 Å². The molecule has 8 heteroatoms. The van der Waals surface area contributed by atoms with Gasteiger partial charge in [-0.05, 0) is 73.5 Å². The molecule has 0 aliphatic heterocycles. The van der Waals surface area contributed by atoms with Gasteiger partial charge in [0.15, 0.2) is 11.6 Å². The number of hydrogen-bond acceptors (Lipinski definition) is 8. The molecule has 4 aromatic rings. The van der Waals surface area contributed by atoms with Gasteiger partial charge in [0.1, 0.15) is 11.5 Å². The van der Waals surface area contributed by atoms with Crippen molar-refractivity contribution in [1.29, 1.82) is 0 Å². The summed E-state index contributed by atoms with van der Waals surface area (Å²) < 4.78 is 0. The van der Waals surface area contributed by atoms with Crippen LogP contribution in [-0.2, 0) is 0 Å². The number of rotatable bonds is 4. The zero-order chi connectivity index (χ0) is 25.4. The Morgan fingerprint density at radius 2 is 0.972 bits per heavy atom. The first kappa shape index (κ1) is 22.8. The van der Waals surface area contributed by atoms with Crippen molar-refractivity contribution >= 4 is 34.3 Å². The summed E-state index contributed by atoms with van der Waals surface area (Å²) in [5.74, 6) is -0.407.